The quantitative estimate of drug-likeness (QED) is 0.575. The van der Waals surface area contributed by atoms with E-state index in [-0.39, 0.29) is 0 Å². The lowest BCUT2D eigenvalue weighted by atomic mass is 10.4. The van der Waals surface area contributed by atoms with Crippen LogP contribution in [0.3, 0.4) is 0 Å². The molecule has 0 saturated carbocycles. The first kappa shape index (κ1) is 13.3. The van der Waals surface area contributed by atoms with E-state index in [4.69, 9.17) is 0 Å². The highest BCUT2D eigenvalue weighted by Crippen LogP contribution is 1.99. The Labute approximate surface area is 87.5 Å². The second kappa shape index (κ2) is 10.4. The van der Waals surface area contributed by atoms with Crippen molar-refractivity contribution in [3.05, 3.63) is 0 Å². The number of likely N-dealkylation sites (N-methyl/N-ethyl adjacent to an activating group) is 2. The third kappa shape index (κ3) is 8.60. The molecule has 0 radical (unpaired) electrons. The molecule has 0 heterocycles. The third-order valence-corrected chi connectivity index (χ3v) is 2.94. The van der Waals surface area contributed by atoms with Crippen molar-refractivity contribution in [3.8, 4) is 0 Å². The Morgan fingerprint density at radius 2 is 1.92 bits per heavy atom. The fourth-order valence-electron chi connectivity index (χ4n) is 1.18. The molecule has 0 aliphatic rings. The van der Waals surface area contributed by atoms with E-state index in [1.54, 1.807) is 0 Å². The molecule has 0 aromatic heterocycles. The maximum atomic E-state index is 3.35. The number of hydrogen-bond donors (Lipinski definition) is 1. The van der Waals surface area contributed by atoms with E-state index < -0.39 is 0 Å². The highest BCUT2D eigenvalue weighted by Gasteiger charge is 1.99. The topological polar surface area (TPSA) is 15.3 Å². The fraction of sp³-hybridized carbons (Fsp3) is 1.00. The predicted octanol–water partition coefficient (Wildman–Crippen LogP) is 1.67. The molecule has 0 unspecified atom stereocenters. The van der Waals surface area contributed by atoms with E-state index in [2.05, 4.69) is 31.0 Å². The molecule has 2 nitrogen and oxygen atoms in total. The summed E-state index contributed by atoms with van der Waals surface area (Å²) in [5, 5.41) is 3.35. The van der Waals surface area contributed by atoms with Gasteiger partial charge in [0.1, 0.15) is 0 Å². The molecule has 0 atom stereocenters. The molecule has 1 N–H and O–H groups in total. The zero-order chi connectivity index (χ0) is 9.94. The van der Waals surface area contributed by atoms with Gasteiger partial charge in [-0.3, -0.25) is 0 Å². The van der Waals surface area contributed by atoms with Crippen LogP contribution in [-0.4, -0.2) is 49.1 Å². The van der Waals surface area contributed by atoms with Crippen LogP contribution in [-0.2, 0) is 0 Å². The summed E-state index contributed by atoms with van der Waals surface area (Å²) >= 11 is 2.03. The van der Waals surface area contributed by atoms with Crippen LogP contribution >= 0.6 is 11.8 Å². The lowest BCUT2D eigenvalue weighted by molar-refractivity contribution is 0.306. The van der Waals surface area contributed by atoms with Crippen LogP contribution in [0.25, 0.3) is 0 Å². The van der Waals surface area contributed by atoms with Crippen molar-refractivity contribution in [2.45, 2.75) is 20.8 Å². The largest absolute Gasteiger partial charge is 0.316 e. The van der Waals surface area contributed by atoms with E-state index in [0.29, 0.717) is 0 Å². The number of thioether (sulfide) groups is 1. The van der Waals surface area contributed by atoms with Crippen LogP contribution in [0.15, 0.2) is 0 Å². The summed E-state index contributed by atoms with van der Waals surface area (Å²) < 4.78 is 0. The summed E-state index contributed by atoms with van der Waals surface area (Å²) in [5.74, 6) is 2.52. The molecule has 0 aromatic rings. The second-order valence-electron chi connectivity index (χ2n) is 2.98. The maximum Gasteiger partial charge on any atom is 0.0107 e. The molecular weight excluding hydrogens is 180 g/mol. The van der Waals surface area contributed by atoms with Crippen molar-refractivity contribution in [1.29, 1.82) is 0 Å². The molecule has 0 amide bonds. The minimum absolute atomic E-state index is 1.08. The number of rotatable bonds is 9. The van der Waals surface area contributed by atoms with Gasteiger partial charge in [-0.2, -0.15) is 11.8 Å². The minimum Gasteiger partial charge on any atom is -0.316 e. The molecule has 0 saturated heterocycles. The van der Waals surface area contributed by atoms with E-state index in [0.717, 1.165) is 13.1 Å². The van der Waals surface area contributed by atoms with Crippen LogP contribution in [0.5, 0.6) is 0 Å². The van der Waals surface area contributed by atoms with Gasteiger partial charge in [0.15, 0.2) is 0 Å². The molecule has 80 valence electrons. The Hall–Kier alpha value is 0.270. The van der Waals surface area contributed by atoms with Crippen molar-refractivity contribution in [3.63, 3.8) is 0 Å². The summed E-state index contributed by atoms with van der Waals surface area (Å²) in [6.07, 6.45) is 0. The first-order valence-corrected chi connectivity index (χ1v) is 6.51. The van der Waals surface area contributed by atoms with Crippen molar-refractivity contribution >= 4 is 11.8 Å². The van der Waals surface area contributed by atoms with Gasteiger partial charge in [0.2, 0.25) is 0 Å². The molecule has 0 aliphatic carbocycles. The first-order valence-electron chi connectivity index (χ1n) is 5.35. The Morgan fingerprint density at radius 3 is 2.46 bits per heavy atom. The van der Waals surface area contributed by atoms with E-state index in [1.807, 2.05) is 11.8 Å². The van der Waals surface area contributed by atoms with E-state index in [9.17, 15) is 0 Å². The summed E-state index contributed by atoms with van der Waals surface area (Å²) in [5.41, 5.74) is 0. The van der Waals surface area contributed by atoms with E-state index >= 15 is 0 Å². The lowest BCUT2D eigenvalue weighted by Gasteiger charge is -2.19. The van der Waals surface area contributed by atoms with Crippen molar-refractivity contribution in [2.24, 2.45) is 0 Å². The number of nitrogens with zero attached hydrogens (tertiary/aromatic N) is 1. The molecule has 0 aromatic carbocycles. The van der Waals surface area contributed by atoms with Gasteiger partial charge < -0.3 is 10.2 Å². The van der Waals surface area contributed by atoms with Crippen LogP contribution in [0.2, 0.25) is 0 Å². The van der Waals surface area contributed by atoms with Crippen LogP contribution in [0, 0.1) is 0 Å². The van der Waals surface area contributed by atoms with Crippen LogP contribution in [0.1, 0.15) is 20.8 Å². The molecule has 0 aliphatic heterocycles. The highest BCUT2D eigenvalue weighted by atomic mass is 32.2. The smallest absolute Gasteiger partial charge is 0.0107 e. The Morgan fingerprint density at radius 1 is 1.15 bits per heavy atom. The van der Waals surface area contributed by atoms with Crippen molar-refractivity contribution < 1.29 is 0 Å². The summed E-state index contributed by atoms with van der Waals surface area (Å²) in [7, 11) is 0. The molecule has 0 spiro atoms. The Bertz CT molecular complexity index is 88.9. The predicted molar refractivity (Wildman–Crippen MR) is 63.7 cm³/mol. The van der Waals surface area contributed by atoms with Crippen molar-refractivity contribution in [2.75, 3.05) is 44.2 Å². The van der Waals surface area contributed by atoms with Gasteiger partial charge in [0, 0.05) is 25.4 Å². The second-order valence-corrected chi connectivity index (χ2v) is 4.38. The van der Waals surface area contributed by atoms with Gasteiger partial charge >= 0.3 is 0 Å². The third-order valence-electron chi connectivity index (χ3n) is 2.06. The highest BCUT2D eigenvalue weighted by molar-refractivity contribution is 7.99. The van der Waals surface area contributed by atoms with Gasteiger partial charge in [0.25, 0.3) is 0 Å². The van der Waals surface area contributed by atoms with E-state index in [1.165, 1.54) is 31.1 Å². The summed E-state index contributed by atoms with van der Waals surface area (Å²) in [6, 6.07) is 0. The van der Waals surface area contributed by atoms with Gasteiger partial charge in [0.05, 0.1) is 0 Å². The van der Waals surface area contributed by atoms with Gasteiger partial charge in [-0.05, 0) is 18.8 Å². The van der Waals surface area contributed by atoms with Gasteiger partial charge in [-0.15, -0.1) is 0 Å². The maximum absolute atomic E-state index is 3.35. The SMILES string of the molecule is CCNCCN(CC)CCSCC. The summed E-state index contributed by atoms with van der Waals surface area (Å²) in [4.78, 5) is 2.51. The van der Waals surface area contributed by atoms with Gasteiger partial charge in [-0.25, -0.2) is 0 Å². The van der Waals surface area contributed by atoms with Gasteiger partial charge in [-0.1, -0.05) is 20.8 Å². The summed E-state index contributed by atoms with van der Waals surface area (Å²) in [6.45, 7) is 12.4. The Balaban J connectivity index is 3.28. The monoisotopic (exact) mass is 204 g/mol. The minimum atomic E-state index is 1.08. The zero-order valence-electron chi connectivity index (χ0n) is 9.31. The first-order chi connectivity index (χ1) is 6.35. The molecule has 3 heteroatoms. The normalized spacial score (nSPS) is 11.1. The molecule has 0 rings (SSSR count). The van der Waals surface area contributed by atoms with Crippen LogP contribution in [0.4, 0.5) is 0 Å². The standard InChI is InChI=1S/C10H24N2S/c1-4-11-7-8-12(5-2)9-10-13-6-3/h11H,4-10H2,1-3H3. The average molecular weight is 204 g/mol. The number of hydrogen-bond acceptors (Lipinski definition) is 3. The lowest BCUT2D eigenvalue weighted by Crippen LogP contribution is -2.33. The van der Waals surface area contributed by atoms with Crippen molar-refractivity contribution in [1.82, 2.24) is 10.2 Å². The fourth-order valence-corrected chi connectivity index (χ4v) is 1.86. The number of nitrogens with one attached hydrogen (secondary N) is 1. The van der Waals surface area contributed by atoms with Crippen LogP contribution < -0.4 is 5.32 Å². The Kier molecular flexibility index (Phi) is 10.6. The molecule has 0 fully saturated rings. The zero-order valence-corrected chi connectivity index (χ0v) is 10.1. The average Bonchev–Trinajstić information content (AvgIpc) is 2.16. The molecule has 13 heavy (non-hydrogen) atoms. The molecular formula is C10H24N2S. The molecule has 0 bridgehead atoms.